The van der Waals surface area contributed by atoms with Crippen molar-refractivity contribution in [3.8, 4) is 0 Å². The van der Waals surface area contributed by atoms with Gasteiger partial charge >= 0.3 is 0 Å². The first-order chi connectivity index (χ1) is 12.1. The molecule has 0 saturated carbocycles. The minimum absolute atomic E-state index is 0.567. The summed E-state index contributed by atoms with van der Waals surface area (Å²) in [6, 6.07) is 0. The molecule has 25 heavy (non-hydrogen) atoms. The highest BCUT2D eigenvalue weighted by Gasteiger charge is 2.18. The van der Waals surface area contributed by atoms with Gasteiger partial charge in [0.15, 0.2) is 5.16 Å². The highest BCUT2D eigenvalue weighted by atomic mass is 32.2. The fourth-order valence-electron chi connectivity index (χ4n) is 2.86. The van der Waals surface area contributed by atoms with Crippen LogP contribution in [0.1, 0.15) is 31.7 Å². The molecule has 1 saturated heterocycles. The Hall–Kier alpha value is -1.44. The SMILES string of the molecule is CCC(C)Sc1ncc(CN2CCN(Cc3nccn3C)CC2)cn1. The Morgan fingerprint density at radius 3 is 2.24 bits per heavy atom. The molecule has 0 aliphatic carbocycles. The smallest absolute Gasteiger partial charge is 0.187 e. The van der Waals surface area contributed by atoms with Crippen LogP contribution in [0.3, 0.4) is 0 Å². The summed E-state index contributed by atoms with van der Waals surface area (Å²) in [7, 11) is 2.06. The minimum atomic E-state index is 0.567. The van der Waals surface area contributed by atoms with Gasteiger partial charge in [0, 0.05) is 75.4 Å². The van der Waals surface area contributed by atoms with E-state index in [-0.39, 0.29) is 0 Å². The molecule has 3 heterocycles. The van der Waals surface area contributed by atoms with E-state index in [0.717, 1.165) is 56.7 Å². The molecule has 136 valence electrons. The first-order valence-electron chi connectivity index (χ1n) is 9.02. The maximum Gasteiger partial charge on any atom is 0.187 e. The van der Waals surface area contributed by atoms with Crippen LogP contribution in [-0.4, -0.2) is 60.7 Å². The molecule has 0 spiro atoms. The fourth-order valence-corrected chi connectivity index (χ4v) is 3.61. The fraction of sp³-hybridized carbons (Fsp3) is 0.611. The van der Waals surface area contributed by atoms with Crippen molar-refractivity contribution in [3.63, 3.8) is 0 Å². The molecule has 3 rings (SSSR count). The van der Waals surface area contributed by atoms with Crippen LogP contribution in [0.25, 0.3) is 0 Å². The van der Waals surface area contributed by atoms with Gasteiger partial charge in [0.1, 0.15) is 5.82 Å². The van der Waals surface area contributed by atoms with Crippen molar-refractivity contribution in [2.45, 2.75) is 43.8 Å². The highest BCUT2D eigenvalue weighted by Crippen LogP contribution is 2.21. The van der Waals surface area contributed by atoms with Gasteiger partial charge in [-0.3, -0.25) is 9.80 Å². The minimum Gasteiger partial charge on any atom is -0.337 e. The van der Waals surface area contributed by atoms with Gasteiger partial charge < -0.3 is 4.57 Å². The quantitative estimate of drug-likeness (QED) is 0.558. The van der Waals surface area contributed by atoms with Crippen molar-refractivity contribution in [1.82, 2.24) is 29.3 Å². The molecular formula is C18H28N6S. The van der Waals surface area contributed by atoms with Crippen molar-refractivity contribution in [2.75, 3.05) is 26.2 Å². The summed E-state index contributed by atoms with van der Waals surface area (Å²) >= 11 is 1.75. The lowest BCUT2D eigenvalue weighted by Crippen LogP contribution is -2.45. The molecular weight excluding hydrogens is 332 g/mol. The monoisotopic (exact) mass is 360 g/mol. The molecule has 0 amide bonds. The number of piperazine rings is 1. The van der Waals surface area contributed by atoms with E-state index in [9.17, 15) is 0 Å². The van der Waals surface area contributed by atoms with E-state index in [1.807, 2.05) is 24.8 Å². The summed E-state index contributed by atoms with van der Waals surface area (Å²) in [5.41, 5.74) is 1.20. The maximum absolute atomic E-state index is 4.51. The Kier molecular flexibility index (Phi) is 6.45. The third-order valence-electron chi connectivity index (χ3n) is 4.72. The van der Waals surface area contributed by atoms with Gasteiger partial charge in [-0.15, -0.1) is 0 Å². The summed E-state index contributed by atoms with van der Waals surface area (Å²) in [5.74, 6) is 1.14. The Labute approximate surface area is 154 Å². The Morgan fingerprint density at radius 1 is 1.04 bits per heavy atom. The predicted octanol–water partition coefficient (Wildman–Crippen LogP) is 2.42. The van der Waals surface area contributed by atoms with Crippen LogP contribution in [0.4, 0.5) is 0 Å². The van der Waals surface area contributed by atoms with Crippen LogP contribution in [0.15, 0.2) is 29.9 Å². The zero-order chi connectivity index (χ0) is 17.6. The van der Waals surface area contributed by atoms with Gasteiger partial charge in [-0.25, -0.2) is 15.0 Å². The van der Waals surface area contributed by atoms with E-state index < -0.39 is 0 Å². The van der Waals surface area contributed by atoms with Crippen molar-refractivity contribution < 1.29 is 0 Å². The summed E-state index contributed by atoms with van der Waals surface area (Å²) in [6.07, 6.45) is 8.98. The number of nitrogens with zero attached hydrogens (tertiary/aromatic N) is 6. The van der Waals surface area contributed by atoms with Crippen molar-refractivity contribution in [1.29, 1.82) is 0 Å². The molecule has 0 radical (unpaired) electrons. The van der Waals surface area contributed by atoms with Crippen LogP contribution < -0.4 is 0 Å². The molecule has 7 heteroatoms. The normalized spacial score (nSPS) is 17.7. The second kappa shape index (κ2) is 8.78. The summed E-state index contributed by atoms with van der Waals surface area (Å²) < 4.78 is 2.10. The van der Waals surface area contributed by atoms with Gasteiger partial charge in [0.2, 0.25) is 0 Å². The van der Waals surface area contributed by atoms with Crippen molar-refractivity contribution in [2.24, 2.45) is 7.05 Å². The van der Waals surface area contributed by atoms with Crippen LogP contribution in [0.2, 0.25) is 0 Å². The van der Waals surface area contributed by atoms with E-state index in [4.69, 9.17) is 0 Å². The molecule has 1 aliphatic heterocycles. The second-order valence-corrected chi connectivity index (χ2v) is 8.12. The predicted molar refractivity (Wildman–Crippen MR) is 101 cm³/mol. The molecule has 0 N–H and O–H groups in total. The average Bonchev–Trinajstić information content (AvgIpc) is 3.03. The van der Waals surface area contributed by atoms with E-state index in [0.29, 0.717) is 5.25 Å². The lowest BCUT2D eigenvalue weighted by atomic mass is 10.2. The topological polar surface area (TPSA) is 50.1 Å². The van der Waals surface area contributed by atoms with Gasteiger partial charge in [-0.2, -0.15) is 0 Å². The first kappa shape index (κ1) is 18.4. The number of rotatable bonds is 7. The van der Waals surface area contributed by atoms with Crippen LogP contribution >= 0.6 is 11.8 Å². The third kappa shape index (κ3) is 5.26. The van der Waals surface area contributed by atoms with Gasteiger partial charge in [0.05, 0.1) is 6.54 Å². The standard InChI is InChI=1S/C18H28N6S/c1-4-15(2)25-18-20-11-16(12-21-18)13-23-7-9-24(10-8-23)14-17-19-5-6-22(17)3/h5-6,11-12,15H,4,7-10,13-14H2,1-3H3. The molecule has 1 aliphatic rings. The molecule has 0 aromatic carbocycles. The second-order valence-electron chi connectivity index (χ2n) is 6.72. The maximum atomic E-state index is 4.51. The number of thioether (sulfide) groups is 1. The van der Waals surface area contributed by atoms with E-state index >= 15 is 0 Å². The average molecular weight is 361 g/mol. The molecule has 2 aromatic rings. The molecule has 2 aromatic heterocycles. The largest absolute Gasteiger partial charge is 0.337 e. The summed E-state index contributed by atoms with van der Waals surface area (Å²) in [5, 5.41) is 1.45. The molecule has 1 atom stereocenters. The van der Waals surface area contributed by atoms with Gasteiger partial charge in [-0.05, 0) is 6.42 Å². The van der Waals surface area contributed by atoms with E-state index in [1.165, 1.54) is 5.56 Å². The highest BCUT2D eigenvalue weighted by molar-refractivity contribution is 7.99. The summed E-state index contributed by atoms with van der Waals surface area (Å²) in [6.45, 7) is 10.6. The molecule has 6 nitrogen and oxygen atoms in total. The van der Waals surface area contributed by atoms with Crippen LogP contribution in [0.5, 0.6) is 0 Å². The van der Waals surface area contributed by atoms with Crippen molar-refractivity contribution >= 4 is 11.8 Å². The van der Waals surface area contributed by atoms with Gasteiger partial charge in [0.25, 0.3) is 0 Å². The number of aromatic nitrogens is 4. The lowest BCUT2D eigenvalue weighted by molar-refractivity contribution is 0.119. The first-order valence-corrected chi connectivity index (χ1v) is 9.90. The molecule has 0 bridgehead atoms. The van der Waals surface area contributed by atoms with Crippen LogP contribution in [0, 0.1) is 0 Å². The lowest BCUT2D eigenvalue weighted by Gasteiger charge is -2.34. The number of aryl methyl sites for hydroxylation is 1. The zero-order valence-electron chi connectivity index (χ0n) is 15.4. The Morgan fingerprint density at radius 2 is 1.68 bits per heavy atom. The van der Waals surface area contributed by atoms with Crippen molar-refractivity contribution in [3.05, 3.63) is 36.2 Å². The van der Waals surface area contributed by atoms with Crippen LogP contribution in [-0.2, 0) is 20.1 Å². The molecule has 1 unspecified atom stereocenters. The van der Waals surface area contributed by atoms with E-state index in [1.54, 1.807) is 11.8 Å². The summed E-state index contributed by atoms with van der Waals surface area (Å²) in [4.78, 5) is 18.4. The zero-order valence-corrected chi connectivity index (χ0v) is 16.2. The number of hydrogen-bond acceptors (Lipinski definition) is 6. The number of imidazole rings is 1. The Balaban J connectivity index is 1.45. The number of hydrogen-bond donors (Lipinski definition) is 0. The Bertz CT molecular complexity index is 648. The van der Waals surface area contributed by atoms with E-state index in [2.05, 4.69) is 50.2 Å². The van der Waals surface area contributed by atoms with Gasteiger partial charge in [-0.1, -0.05) is 25.6 Å². The molecule has 1 fully saturated rings. The third-order valence-corrected chi connectivity index (χ3v) is 5.88.